The van der Waals surface area contributed by atoms with Gasteiger partial charge in [0, 0.05) is 25.1 Å². The molecule has 2 aromatic rings. The van der Waals surface area contributed by atoms with Crippen molar-refractivity contribution in [1.29, 1.82) is 0 Å². The Balaban J connectivity index is 2.15. The van der Waals surface area contributed by atoms with Crippen LogP contribution >= 0.6 is 0 Å². The molecular weight excluding hydrogens is 243 g/mol. The van der Waals surface area contributed by atoms with Crippen LogP contribution in [-0.4, -0.2) is 9.97 Å². The molecule has 0 atom stereocenters. The average molecular weight is 253 g/mol. The number of rotatable bonds is 3. The fourth-order valence-corrected chi connectivity index (χ4v) is 1.46. The molecule has 0 radical (unpaired) electrons. The maximum Gasteiger partial charge on any atom is 0.419 e. The van der Waals surface area contributed by atoms with Crippen molar-refractivity contribution in [1.82, 2.24) is 9.97 Å². The summed E-state index contributed by atoms with van der Waals surface area (Å²) < 4.78 is 38.0. The highest BCUT2D eigenvalue weighted by molar-refractivity contribution is 5.45. The highest BCUT2D eigenvalue weighted by Crippen LogP contribution is 2.33. The number of hydrogen-bond donors (Lipinski definition) is 1. The van der Waals surface area contributed by atoms with E-state index in [4.69, 9.17) is 0 Å². The van der Waals surface area contributed by atoms with Crippen LogP contribution in [0.3, 0.4) is 0 Å². The summed E-state index contributed by atoms with van der Waals surface area (Å²) in [6.45, 7) is 0.244. The fourth-order valence-electron chi connectivity index (χ4n) is 1.46. The normalized spacial score (nSPS) is 11.3. The van der Waals surface area contributed by atoms with Gasteiger partial charge in [-0.1, -0.05) is 6.07 Å². The predicted octanol–water partition coefficient (Wildman–Crippen LogP) is 3.11. The second-order valence-electron chi connectivity index (χ2n) is 3.61. The molecule has 2 rings (SSSR count). The van der Waals surface area contributed by atoms with Crippen LogP contribution < -0.4 is 5.32 Å². The minimum atomic E-state index is -4.41. The van der Waals surface area contributed by atoms with Crippen molar-refractivity contribution in [3.05, 3.63) is 54.0 Å². The zero-order chi connectivity index (χ0) is 13.0. The second-order valence-corrected chi connectivity index (χ2v) is 3.61. The number of hydrogen-bond acceptors (Lipinski definition) is 3. The lowest BCUT2D eigenvalue weighted by Crippen LogP contribution is -2.12. The topological polar surface area (TPSA) is 37.8 Å². The number of anilines is 1. The molecule has 2 aromatic heterocycles. The van der Waals surface area contributed by atoms with Crippen LogP contribution in [0.25, 0.3) is 0 Å². The maximum absolute atomic E-state index is 12.7. The van der Waals surface area contributed by atoms with Crippen LogP contribution in [0.5, 0.6) is 0 Å². The first kappa shape index (κ1) is 12.3. The van der Waals surface area contributed by atoms with Gasteiger partial charge in [-0.05, 0) is 23.8 Å². The molecule has 0 spiro atoms. The molecule has 3 nitrogen and oxygen atoms in total. The summed E-state index contributed by atoms with van der Waals surface area (Å²) in [5.41, 5.74) is 0.0187. The van der Waals surface area contributed by atoms with Crippen molar-refractivity contribution < 1.29 is 13.2 Å². The molecule has 6 heteroatoms. The standard InChI is InChI=1S/C12H10F3N3/c13-12(14,15)10-4-2-6-17-11(10)18-8-9-3-1-5-16-7-9/h1-7H,8H2,(H,17,18). The van der Waals surface area contributed by atoms with Gasteiger partial charge in [0.15, 0.2) is 0 Å². The number of nitrogens with zero attached hydrogens (tertiary/aromatic N) is 2. The van der Waals surface area contributed by atoms with Gasteiger partial charge >= 0.3 is 6.18 Å². The SMILES string of the molecule is FC(F)(F)c1cccnc1NCc1cccnc1. The molecule has 0 saturated heterocycles. The van der Waals surface area contributed by atoms with E-state index in [1.807, 2.05) is 0 Å². The van der Waals surface area contributed by atoms with E-state index >= 15 is 0 Å². The van der Waals surface area contributed by atoms with Crippen molar-refractivity contribution in [2.45, 2.75) is 12.7 Å². The van der Waals surface area contributed by atoms with Crippen LogP contribution in [0.2, 0.25) is 0 Å². The Hall–Kier alpha value is -2.11. The third kappa shape index (κ3) is 2.97. The van der Waals surface area contributed by atoms with E-state index in [1.54, 1.807) is 24.5 Å². The Morgan fingerprint density at radius 2 is 1.89 bits per heavy atom. The third-order valence-corrected chi connectivity index (χ3v) is 2.30. The fraction of sp³-hybridized carbons (Fsp3) is 0.167. The molecule has 0 aliphatic carbocycles. The first-order valence-corrected chi connectivity index (χ1v) is 5.22. The number of alkyl halides is 3. The van der Waals surface area contributed by atoms with Crippen LogP contribution in [-0.2, 0) is 12.7 Å². The molecule has 0 aliphatic rings. The van der Waals surface area contributed by atoms with Gasteiger partial charge in [0.25, 0.3) is 0 Å². The largest absolute Gasteiger partial charge is 0.419 e. The Labute approximate surface area is 102 Å². The van der Waals surface area contributed by atoms with Crippen molar-refractivity contribution in [2.75, 3.05) is 5.32 Å². The summed E-state index contributed by atoms with van der Waals surface area (Å²) in [4.78, 5) is 7.59. The summed E-state index contributed by atoms with van der Waals surface area (Å²) in [5, 5.41) is 2.66. The zero-order valence-electron chi connectivity index (χ0n) is 9.28. The lowest BCUT2D eigenvalue weighted by molar-refractivity contribution is -0.137. The van der Waals surface area contributed by atoms with Crippen molar-refractivity contribution in [3.63, 3.8) is 0 Å². The molecule has 18 heavy (non-hydrogen) atoms. The molecule has 0 saturated carbocycles. The second kappa shape index (κ2) is 5.03. The minimum absolute atomic E-state index is 0.172. The summed E-state index contributed by atoms with van der Waals surface area (Å²) in [5.74, 6) is -0.172. The predicted molar refractivity (Wildman–Crippen MR) is 60.8 cm³/mol. The van der Waals surface area contributed by atoms with Crippen molar-refractivity contribution >= 4 is 5.82 Å². The maximum atomic E-state index is 12.7. The van der Waals surface area contributed by atoms with E-state index in [0.29, 0.717) is 0 Å². The molecule has 0 unspecified atom stereocenters. The van der Waals surface area contributed by atoms with Crippen LogP contribution in [0.15, 0.2) is 42.9 Å². The summed E-state index contributed by atoms with van der Waals surface area (Å²) in [7, 11) is 0. The van der Waals surface area contributed by atoms with Gasteiger partial charge in [-0.25, -0.2) is 4.98 Å². The molecule has 0 aromatic carbocycles. The Morgan fingerprint density at radius 3 is 2.56 bits per heavy atom. The Morgan fingerprint density at radius 1 is 1.11 bits per heavy atom. The van der Waals surface area contributed by atoms with Crippen molar-refractivity contribution in [3.8, 4) is 0 Å². The van der Waals surface area contributed by atoms with E-state index in [9.17, 15) is 13.2 Å². The monoisotopic (exact) mass is 253 g/mol. The van der Waals surface area contributed by atoms with Gasteiger partial charge in [0.2, 0.25) is 0 Å². The summed E-state index contributed by atoms with van der Waals surface area (Å²) in [6, 6.07) is 5.76. The van der Waals surface area contributed by atoms with E-state index in [1.165, 1.54) is 12.3 Å². The van der Waals surface area contributed by atoms with Gasteiger partial charge in [-0.15, -0.1) is 0 Å². The number of halogens is 3. The molecule has 0 aliphatic heterocycles. The first-order valence-electron chi connectivity index (χ1n) is 5.22. The lowest BCUT2D eigenvalue weighted by Gasteiger charge is -2.12. The van der Waals surface area contributed by atoms with E-state index in [2.05, 4.69) is 15.3 Å². The Bertz CT molecular complexity index is 511. The molecular formula is C12H10F3N3. The van der Waals surface area contributed by atoms with E-state index < -0.39 is 11.7 Å². The summed E-state index contributed by atoms with van der Waals surface area (Å²) in [6.07, 6.45) is 0.0982. The van der Waals surface area contributed by atoms with Crippen LogP contribution in [0.1, 0.15) is 11.1 Å². The Kier molecular flexibility index (Phi) is 3.45. The zero-order valence-corrected chi connectivity index (χ0v) is 9.28. The highest BCUT2D eigenvalue weighted by Gasteiger charge is 2.33. The van der Waals surface area contributed by atoms with Crippen molar-refractivity contribution in [2.24, 2.45) is 0 Å². The number of aromatic nitrogens is 2. The van der Waals surface area contributed by atoms with Gasteiger partial charge in [-0.3, -0.25) is 4.98 Å². The summed E-state index contributed by atoms with van der Waals surface area (Å²) >= 11 is 0. The minimum Gasteiger partial charge on any atom is -0.365 e. The molecule has 0 bridgehead atoms. The van der Waals surface area contributed by atoms with Crippen LogP contribution in [0.4, 0.5) is 19.0 Å². The first-order chi connectivity index (χ1) is 8.57. The lowest BCUT2D eigenvalue weighted by atomic mass is 10.2. The molecule has 2 heterocycles. The number of pyridine rings is 2. The van der Waals surface area contributed by atoms with E-state index in [0.717, 1.165) is 11.6 Å². The van der Waals surface area contributed by atoms with Gasteiger partial charge in [0.1, 0.15) is 5.82 Å². The van der Waals surface area contributed by atoms with Gasteiger partial charge in [-0.2, -0.15) is 13.2 Å². The third-order valence-electron chi connectivity index (χ3n) is 2.30. The quantitative estimate of drug-likeness (QED) is 0.913. The van der Waals surface area contributed by atoms with Crippen LogP contribution in [0, 0.1) is 0 Å². The average Bonchev–Trinajstić information content (AvgIpc) is 2.37. The van der Waals surface area contributed by atoms with Gasteiger partial charge in [0.05, 0.1) is 5.56 Å². The molecule has 0 amide bonds. The van der Waals surface area contributed by atoms with Gasteiger partial charge < -0.3 is 5.32 Å². The highest BCUT2D eigenvalue weighted by atomic mass is 19.4. The number of nitrogens with one attached hydrogen (secondary N) is 1. The molecule has 94 valence electrons. The smallest absolute Gasteiger partial charge is 0.365 e. The van der Waals surface area contributed by atoms with E-state index in [-0.39, 0.29) is 12.4 Å². The molecule has 0 fully saturated rings. The molecule has 1 N–H and O–H groups in total.